The van der Waals surface area contributed by atoms with Gasteiger partial charge in [0.1, 0.15) is 11.5 Å². The molecule has 0 saturated heterocycles. The molecule has 208 valence electrons. The minimum Gasteiger partial charge on any atom is -0.507 e. The Morgan fingerprint density at radius 2 is 0.975 bits per heavy atom. The van der Waals surface area contributed by atoms with E-state index in [4.69, 9.17) is 9.98 Å². The Hall–Kier alpha value is -3.92. The molecule has 0 bridgehead atoms. The van der Waals surface area contributed by atoms with Gasteiger partial charge in [-0.3, -0.25) is 9.98 Å². The molecule has 40 heavy (non-hydrogen) atoms. The maximum atomic E-state index is 10.8. The van der Waals surface area contributed by atoms with Crippen LogP contribution in [0.3, 0.4) is 0 Å². The summed E-state index contributed by atoms with van der Waals surface area (Å²) in [7, 11) is 0. The number of phenolic OH excluding ortho intramolecular Hbond substituents is 2. The summed E-state index contributed by atoms with van der Waals surface area (Å²) in [5.41, 5.74) is 7.02. The van der Waals surface area contributed by atoms with Crippen molar-refractivity contribution in [2.24, 2.45) is 20.8 Å². The number of aryl methyl sites for hydroxylation is 2. The van der Waals surface area contributed by atoms with E-state index in [2.05, 4.69) is 53.7 Å². The zero-order valence-electron chi connectivity index (χ0n) is 25.1. The van der Waals surface area contributed by atoms with Crippen molar-refractivity contribution in [3.05, 3.63) is 94.0 Å². The lowest BCUT2D eigenvalue weighted by Gasteiger charge is -2.19. The third kappa shape index (κ3) is 7.38. The summed E-state index contributed by atoms with van der Waals surface area (Å²) >= 11 is 0. The lowest BCUT2D eigenvalue weighted by atomic mass is 9.87. The van der Waals surface area contributed by atoms with E-state index in [-0.39, 0.29) is 22.3 Å². The third-order valence-corrected chi connectivity index (χ3v) is 6.78. The summed E-state index contributed by atoms with van der Waals surface area (Å²) in [6, 6.07) is 20.3. The molecule has 0 amide bonds. The quantitative estimate of drug-likeness (QED) is 0.242. The largest absolute Gasteiger partial charge is 0.507 e. The SMILES string of the molecule is Cc1cc(CC(C)(C)C)cc(C=Nc2cc3ccccc3cc2N=Cc2cc(CC(C)(C)C)cc(C)c2O)c1O. The van der Waals surface area contributed by atoms with Gasteiger partial charge in [-0.1, -0.05) is 77.9 Å². The van der Waals surface area contributed by atoms with Gasteiger partial charge < -0.3 is 10.2 Å². The van der Waals surface area contributed by atoms with Crippen LogP contribution in [0, 0.1) is 24.7 Å². The summed E-state index contributed by atoms with van der Waals surface area (Å²) in [5.74, 6) is 0.478. The van der Waals surface area contributed by atoms with Crippen molar-refractivity contribution in [2.75, 3.05) is 0 Å². The fraction of sp³-hybridized carbons (Fsp3) is 0.333. The molecule has 0 saturated carbocycles. The predicted molar refractivity (Wildman–Crippen MR) is 170 cm³/mol. The van der Waals surface area contributed by atoms with Crippen LogP contribution in [0.5, 0.6) is 11.5 Å². The highest BCUT2D eigenvalue weighted by molar-refractivity contribution is 5.96. The van der Waals surface area contributed by atoms with E-state index < -0.39 is 0 Å². The summed E-state index contributed by atoms with van der Waals surface area (Å²) in [6.07, 6.45) is 5.25. The van der Waals surface area contributed by atoms with Crippen LogP contribution >= 0.6 is 0 Å². The second kappa shape index (κ2) is 11.3. The van der Waals surface area contributed by atoms with Crippen LogP contribution < -0.4 is 0 Å². The average molecular weight is 535 g/mol. The molecule has 0 aromatic heterocycles. The molecule has 4 heteroatoms. The maximum Gasteiger partial charge on any atom is 0.127 e. The molecule has 0 unspecified atom stereocenters. The molecular formula is C36H42N2O2. The van der Waals surface area contributed by atoms with Crippen LogP contribution in [0.4, 0.5) is 11.4 Å². The van der Waals surface area contributed by atoms with Crippen molar-refractivity contribution < 1.29 is 10.2 Å². The van der Waals surface area contributed by atoms with Crippen molar-refractivity contribution >= 4 is 34.6 Å². The van der Waals surface area contributed by atoms with Crippen LogP contribution in [0.15, 0.2) is 70.6 Å². The van der Waals surface area contributed by atoms with Gasteiger partial charge in [-0.25, -0.2) is 0 Å². The molecule has 4 rings (SSSR count). The molecule has 0 radical (unpaired) electrons. The molecule has 4 nitrogen and oxygen atoms in total. The summed E-state index contributed by atoms with van der Waals surface area (Å²) < 4.78 is 0. The first-order valence-corrected chi connectivity index (χ1v) is 13.9. The normalized spacial score (nSPS) is 12.7. The van der Waals surface area contributed by atoms with Gasteiger partial charge >= 0.3 is 0 Å². The van der Waals surface area contributed by atoms with E-state index in [0.29, 0.717) is 22.5 Å². The van der Waals surface area contributed by atoms with Crippen LogP contribution in [0.25, 0.3) is 10.8 Å². The minimum absolute atomic E-state index is 0.131. The van der Waals surface area contributed by atoms with Gasteiger partial charge in [-0.15, -0.1) is 0 Å². The molecule has 0 atom stereocenters. The van der Waals surface area contributed by atoms with Crippen LogP contribution in [0.1, 0.15) is 74.9 Å². The topological polar surface area (TPSA) is 65.2 Å². The lowest BCUT2D eigenvalue weighted by molar-refractivity contribution is 0.410. The van der Waals surface area contributed by atoms with E-state index in [1.165, 1.54) is 11.1 Å². The van der Waals surface area contributed by atoms with Crippen LogP contribution in [0.2, 0.25) is 0 Å². The molecule has 0 fully saturated rings. The van der Waals surface area contributed by atoms with Crippen LogP contribution in [-0.2, 0) is 12.8 Å². The first kappa shape index (κ1) is 29.1. The Balaban J connectivity index is 1.77. The summed E-state index contributed by atoms with van der Waals surface area (Å²) in [6.45, 7) is 17.1. The molecule has 4 aromatic carbocycles. The molecule has 0 aliphatic heterocycles. The highest BCUT2D eigenvalue weighted by Gasteiger charge is 2.15. The fourth-order valence-electron chi connectivity index (χ4n) is 5.09. The number of aromatic hydroxyl groups is 2. The van der Waals surface area contributed by atoms with Gasteiger partial charge in [0.15, 0.2) is 0 Å². The monoisotopic (exact) mass is 534 g/mol. The third-order valence-electron chi connectivity index (χ3n) is 6.78. The fourth-order valence-corrected chi connectivity index (χ4v) is 5.09. The summed E-state index contributed by atoms with van der Waals surface area (Å²) in [5, 5.41) is 23.7. The van der Waals surface area contributed by atoms with Gasteiger partial charge in [-0.05, 0) is 94.8 Å². The Bertz CT molecular complexity index is 1480. The van der Waals surface area contributed by atoms with Gasteiger partial charge in [-0.2, -0.15) is 0 Å². The van der Waals surface area contributed by atoms with E-state index >= 15 is 0 Å². The van der Waals surface area contributed by atoms with Crippen molar-refractivity contribution in [1.82, 2.24) is 0 Å². The number of aliphatic imine (C=N–C) groups is 2. The number of hydrogen-bond donors (Lipinski definition) is 2. The first-order chi connectivity index (χ1) is 18.7. The highest BCUT2D eigenvalue weighted by atomic mass is 16.3. The van der Waals surface area contributed by atoms with Gasteiger partial charge in [0.05, 0.1) is 11.4 Å². The Labute approximate surface area is 239 Å². The average Bonchev–Trinajstić information content (AvgIpc) is 2.84. The highest BCUT2D eigenvalue weighted by Crippen LogP contribution is 2.35. The summed E-state index contributed by atoms with van der Waals surface area (Å²) in [4.78, 5) is 9.65. The molecule has 0 aliphatic rings. The second-order valence-electron chi connectivity index (χ2n) is 13.4. The number of rotatable bonds is 6. The molecule has 4 aromatic rings. The number of phenols is 2. The predicted octanol–water partition coefficient (Wildman–Crippen LogP) is 9.55. The van der Waals surface area contributed by atoms with E-state index in [1.54, 1.807) is 12.4 Å². The van der Waals surface area contributed by atoms with Crippen molar-refractivity contribution in [2.45, 2.75) is 68.2 Å². The van der Waals surface area contributed by atoms with Gasteiger partial charge in [0.25, 0.3) is 0 Å². The molecule has 0 spiro atoms. The van der Waals surface area contributed by atoms with Crippen molar-refractivity contribution in [1.29, 1.82) is 0 Å². The number of hydrogen-bond acceptors (Lipinski definition) is 4. The molecular weight excluding hydrogens is 492 g/mol. The first-order valence-electron chi connectivity index (χ1n) is 13.9. The van der Waals surface area contributed by atoms with Gasteiger partial charge in [0, 0.05) is 23.6 Å². The maximum absolute atomic E-state index is 10.8. The Kier molecular flexibility index (Phi) is 8.20. The minimum atomic E-state index is 0.131. The molecule has 0 aliphatic carbocycles. The lowest BCUT2D eigenvalue weighted by Crippen LogP contribution is -2.09. The number of fused-ring (bicyclic) bond motifs is 1. The van der Waals surface area contributed by atoms with Crippen molar-refractivity contribution in [3.63, 3.8) is 0 Å². The molecule has 2 N–H and O–H groups in total. The molecule has 0 heterocycles. The van der Waals surface area contributed by atoms with Crippen molar-refractivity contribution in [3.8, 4) is 11.5 Å². The van der Waals surface area contributed by atoms with E-state index in [1.807, 2.05) is 62.4 Å². The number of nitrogens with zero attached hydrogens (tertiary/aromatic N) is 2. The van der Waals surface area contributed by atoms with Crippen LogP contribution in [-0.4, -0.2) is 22.6 Å². The smallest absolute Gasteiger partial charge is 0.127 e. The standard InChI is InChI=1S/C36H42N2O2/c1-23-13-25(19-35(3,4)5)15-29(33(23)39)21-37-31-17-27-11-9-10-12-28(27)18-32(31)38-22-30-16-26(20-36(6,7)8)14-24(2)34(30)40/h9-18,21-22,39-40H,19-20H2,1-8H3. The Morgan fingerprint density at radius 3 is 1.32 bits per heavy atom. The number of benzene rings is 4. The van der Waals surface area contributed by atoms with E-state index in [9.17, 15) is 10.2 Å². The van der Waals surface area contributed by atoms with Gasteiger partial charge in [0.2, 0.25) is 0 Å². The Morgan fingerprint density at radius 1 is 0.600 bits per heavy atom. The van der Waals surface area contributed by atoms with E-state index in [0.717, 1.165) is 34.7 Å². The second-order valence-corrected chi connectivity index (χ2v) is 13.4. The zero-order valence-corrected chi connectivity index (χ0v) is 25.1. The zero-order chi connectivity index (χ0) is 29.2.